The summed E-state index contributed by atoms with van der Waals surface area (Å²) < 4.78 is 5.14. The summed E-state index contributed by atoms with van der Waals surface area (Å²) in [5.41, 5.74) is 1.77. The molecule has 0 spiro atoms. The Morgan fingerprint density at radius 2 is 2.05 bits per heavy atom. The summed E-state index contributed by atoms with van der Waals surface area (Å²) in [7, 11) is 1.64. The number of hydrogen-bond acceptors (Lipinski definition) is 4. The van der Waals surface area contributed by atoms with Crippen molar-refractivity contribution in [3.05, 3.63) is 34.8 Å². The van der Waals surface area contributed by atoms with Crippen LogP contribution in [-0.2, 0) is 0 Å². The second kappa shape index (κ2) is 6.52. The number of benzene rings is 1. The third-order valence-electron chi connectivity index (χ3n) is 2.88. The topological polar surface area (TPSA) is 51.2 Å². The molecule has 0 aliphatic rings. The van der Waals surface area contributed by atoms with Crippen molar-refractivity contribution >= 4 is 17.2 Å². The summed E-state index contributed by atoms with van der Waals surface area (Å²) in [4.78, 5) is 17.2. The lowest BCUT2D eigenvalue weighted by molar-refractivity contribution is 0.0957. The zero-order valence-electron chi connectivity index (χ0n) is 11.9. The van der Waals surface area contributed by atoms with Crippen molar-refractivity contribution in [2.75, 3.05) is 13.7 Å². The summed E-state index contributed by atoms with van der Waals surface area (Å²) in [5, 5.41) is 3.74. The molecule has 0 fully saturated rings. The van der Waals surface area contributed by atoms with Gasteiger partial charge in [-0.25, -0.2) is 4.98 Å². The van der Waals surface area contributed by atoms with E-state index in [4.69, 9.17) is 4.74 Å². The smallest absolute Gasteiger partial charge is 0.263 e. The van der Waals surface area contributed by atoms with Crippen LogP contribution in [0, 0.1) is 6.92 Å². The van der Waals surface area contributed by atoms with Gasteiger partial charge in [-0.2, -0.15) is 0 Å². The molecular weight excluding hydrogens is 272 g/mol. The lowest BCUT2D eigenvalue weighted by Crippen LogP contribution is -2.23. The molecule has 1 amide bonds. The normalized spacial score (nSPS) is 10.3. The third-order valence-corrected chi connectivity index (χ3v) is 4.08. The first kappa shape index (κ1) is 14.5. The monoisotopic (exact) mass is 290 g/mol. The van der Waals surface area contributed by atoms with Crippen molar-refractivity contribution in [2.24, 2.45) is 0 Å². The highest BCUT2D eigenvalue weighted by molar-refractivity contribution is 7.17. The first-order valence-corrected chi connectivity index (χ1v) is 7.37. The zero-order valence-corrected chi connectivity index (χ0v) is 12.7. The quantitative estimate of drug-likeness (QED) is 0.919. The highest BCUT2D eigenvalue weighted by Gasteiger charge is 2.15. The second-order valence-corrected chi connectivity index (χ2v) is 5.42. The maximum absolute atomic E-state index is 12.0. The minimum Gasteiger partial charge on any atom is -0.497 e. The summed E-state index contributed by atoms with van der Waals surface area (Å²) >= 11 is 1.42. The summed E-state index contributed by atoms with van der Waals surface area (Å²) in [6.45, 7) is 4.58. The number of hydrogen-bond donors (Lipinski definition) is 1. The Morgan fingerprint density at radius 1 is 1.35 bits per heavy atom. The highest BCUT2D eigenvalue weighted by Crippen LogP contribution is 2.29. The Balaban J connectivity index is 2.23. The lowest BCUT2D eigenvalue weighted by atomic mass is 10.2. The van der Waals surface area contributed by atoms with E-state index >= 15 is 0 Å². The molecule has 0 bridgehead atoms. The van der Waals surface area contributed by atoms with Crippen LogP contribution in [0.1, 0.15) is 28.7 Å². The Morgan fingerprint density at radius 3 is 2.65 bits per heavy atom. The van der Waals surface area contributed by atoms with Gasteiger partial charge >= 0.3 is 0 Å². The standard InChI is InChI=1S/C15H18N2O2S/c1-4-9-16-14(18)13-10(2)17-15(20-13)11-5-7-12(19-3)8-6-11/h5-8H,4,9H2,1-3H3,(H,16,18). The molecule has 5 heteroatoms. The van der Waals surface area contributed by atoms with Crippen LogP contribution in [0.15, 0.2) is 24.3 Å². The first-order valence-electron chi connectivity index (χ1n) is 6.55. The van der Waals surface area contributed by atoms with Crippen molar-refractivity contribution in [2.45, 2.75) is 20.3 Å². The van der Waals surface area contributed by atoms with Gasteiger partial charge < -0.3 is 10.1 Å². The molecule has 0 saturated heterocycles. The minimum atomic E-state index is -0.0402. The maximum atomic E-state index is 12.0. The van der Waals surface area contributed by atoms with Gasteiger partial charge in [0.2, 0.25) is 0 Å². The van der Waals surface area contributed by atoms with Crippen LogP contribution in [0.5, 0.6) is 5.75 Å². The van der Waals surface area contributed by atoms with Gasteiger partial charge in [0.15, 0.2) is 0 Å². The number of rotatable bonds is 5. The van der Waals surface area contributed by atoms with E-state index in [0.29, 0.717) is 11.4 Å². The van der Waals surface area contributed by atoms with E-state index in [1.807, 2.05) is 38.1 Å². The van der Waals surface area contributed by atoms with E-state index in [0.717, 1.165) is 28.4 Å². The molecule has 106 valence electrons. The molecule has 0 aliphatic heterocycles. The van der Waals surface area contributed by atoms with E-state index in [-0.39, 0.29) is 5.91 Å². The van der Waals surface area contributed by atoms with Crippen molar-refractivity contribution < 1.29 is 9.53 Å². The van der Waals surface area contributed by atoms with Gasteiger partial charge in [0, 0.05) is 12.1 Å². The van der Waals surface area contributed by atoms with Crippen molar-refractivity contribution in [3.63, 3.8) is 0 Å². The molecule has 0 saturated carbocycles. The van der Waals surface area contributed by atoms with Crippen LogP contribution < -0.4 is 10.1 Å². The fraction of sp³-hybridized carbons (Fsp3) is 0.333. The van der Waals surface area contributed by atoms with E-state index in [1.165, 1.54) is 11.3 Å². The van der Waals surface area contributed by atoms with Crippen molar-refractivity contribution in [1.29, 1.82) is 0 Å². The van der Waals surface area contributed by atoms with Gasteiger partial charge in [0.25, 0.3) is 5.91 Å². The van der Waals surface area contributed by atoms with Crippen LogP contribution in [-0.4, -0.2) is 24.5 Å². The SMILES string of the molecule is CCCNC(=O)c1sc(-c2ccc(OC)cc2)nc1C. The van der Waals surface area contributed by atoms with E-state index in [2.05, 4.69) is 10.3 Å². The minimum absolute atomic E-state index is 0.0402. The Bertz CT molecular complexity index is 590. The molecule has 0 atom stereocenters. The van der Waals surface area contributed by atoms with Crippen LogP contribution in [0.3, 0.4) is 0 Å². The fourth-order valence-electron chi connectivity index (χ4n) is 1.78. The highest BCUT2D eigenvalue weighted by atomic mass is 32.1. The lowest BCUT2D eigenvalue weighted by Gasteiger charge is -2.01. The Hall–Kier alpha value is -1.88. The van der Waals surface area contributed by atoms with Gasteiger partial charge in [-0.3, -0.25) is 4.79 Å². The number of amides is 1. The average Bonchev–Trinajstić information content (AvgIpc) is 2.87. The Kier molecular flexibility index (Phi) is 4.74. The molecule has 1 aromatic carbocycles. The van der Waals surface area contributed by atoms with Crippen LogP contribution in [0.2, 0.25) is 0 Å². The van der Waals surface area contributed by atoms with Gasteiger partial charge in [-0.1, -0.05) is 6.92 Å². The third kappa shape index (κ3) is 3.17. The van der Waals surface area contributed by atoms with E-state index in [1.54, 1.807) is 7.11 Å². The number of nitrogens with one attached hydrogen (secondary N) is 1. The first-order chi connectivity index (χ1) is 9.65. The van der Waals surface area contributed by atoms with E-state index in [9.17, 15) is 4.79 Å². The molecule has 1 aromatic heterocycles. The summed E-state index contributed by atoms with van der Waals surface area (Å²) in [6, 6.07) is 7.68. The molecule has 2 rings (SSSR count). The molecule has 1 heterocycles. The fourth-order valence-corrected chi connectivity index (χ4v) is 2.77. The van der Waals surface area contributed by atoms with Gasteiger partial charge in [-0.15, -0.1) is 11.3 Å². The second-order valence-electron chi connectivity index (χ2n) is 4.42. The number of carbonyl (C=O) groups excluding carboxylic acids is 1. The zero-order chi connectivity index (χ0) is 14.5. The number of aromatic nitrogens is 1. The number of thiazole rings is 1. The summed E-state index contributed by atoms with van der Waals surface area (Å²) in [6.07, 6.45) is 0.926. The van der Waals surface area contributed by atoms with Gasteiger partial charge in [0.05, 0.1) is 12.8 Å². The number of nitrogens with zero attached hydrogens (tertiary/aromatic N) is 1. The molecule has 1 N–H and O–H groups in total. The largest absolute Gasteiger partial charge is 0.497 e. The number of aryl methyl sites for hydroxylation is 1. The number of methoxy groups -OCH3 is 1. The molecule has 0 aliphatic carbocycles. The number of ether oxygens (including phenoxy) is 1. The Labute approximate surface area is 122 Å². The molecule has 0 unspecified atom stereocenters. The van der Waals surface area contributed by atoms with Crippen molar-refractivity contribution in [1.82, 2.24) is 10.3 Å². The van der Waals surface area contributed by atoms with Crippen molar-refractivity contribution in [3.8, 4) is 16.3 Å². The maximum Gasteiger partial charge on any atom is 0.263 e. The molecule has 20 heavy (non-hydrogen) atoms. The molecule has 0 radical (unpaired) electrons. The van der Waals surface area contributed by atoms with E-state index < -0.39 is 0 Å². The van der Waals surface area contributed by atoms with Crippen LogP contribution >= 0.6 is 11.3 Å². The predicted molar refractivity (Wildman–Crippen MR) is 81.5 cm³/mol. The number of carbonyl (C=O) groups is 1. The molecular formula is C15H18N2O2S. The van der Waals surface area contributed by atoms with Crippen LogP contribution in [0.4, 0.5) is 0 Å². The van der Waals surface area contributed by atoms with Gasteiger partial charge in [0.1, 0.15) is 15.6 Å². The molecule has 2 aromatic rings. The predicted octanol–water partition coefficient (Wildman–Crippen LogP) is 3.27. The average molecular weight is 290 g/mol. The van der Waals surface area contributed by atoms with Crippen LogP contribution in [0.25, 0.3) is 10.6 Å². The molecule has 4 nitrogen and oxygen atoms in total. The summed E-state index contributed by atoms with van der Waals surface area (Å²) in [5.74, 6) is 0.768. The van der Waals surface area contributed by atoms with Gasteiger partial charge in [-0.05, 0) is 37.6 Å².